The average molecular weight is 214 g/mol. The quantitative estimate of drug-likeness (QED) is 0.678. The summed E-state index contributed by atoms with van der Waals surface area (Å²) in [5, 5.41) is 10.1. The number of aliphatic hydroxyl groups excluding tert-OH is 1. The van der Waals surface area contributed by atoms with E-state index >= 15 is 0 Å². The predicted molar refractivity (Wildman–Crippen MR) is 61.5 cm³/mol. The molecular formula is C11H23BO3. The van der Waals surface area contributed by atoms with Crippen molar-refractivity contribution in [1.29, 1.82) is 0 Å². The molecule has 0 radical (unpaired) electrons. The molecule has 0 aliphatic carbocycles. The third-order valence-corrected chi connectivity index (χ3v) is 3.42. The predicted octanol–water partition coefficient (Wildman–Crippen LogP) is 2.02. The molecule has 4 heteroatoms. The van der Waals surface area contributed by atoms with Gasteiger partial charge in [-0.1, -0.05) is 20.8 Å². The molecule has 88 valence electrons. The Bertz CT molecular complexity index is 227. The van der Waals surface area contributed by atoms with Gasteiger partial charge in [0.25, 0.3) is 0 Å². The first-order valence-electron chi connectivity index (χ1n) is 5.51. The van der Waals surface area contributed by atoms with Crippen LogP contribution in [-0.4, -0.2) is 29.4 Å². The Kier molecular flexibility index (Phi) is 3.01. The highest BCUT2D eigenvalue weighted by atomic mass is 16.7. The van der Waals surface area contributed by atoms with E-state index in [4.69, 9.17) is 9.31 Å². The van der Waals surface area contributed by atoms with Gasteiger partial charge < -0.3 is 14.4 Å². The molecule has 1 N–H and O–H groups in total. The van der Waals surface area contributed by atoms with Crippen molar-refractivity contribution < 1.29 is 14.4 Å². The van der Waals surface area contributed by atoms with E-state index in [0.29, 0.717) is 0 Å². The molecule has 0 saturated carbocycles. The van der Waals surface area contributed by atoms with Crippen LogP contribution in [0.4, 0.5) is 0 Å². The van der Waals surface area contributed by atoms with E-state index < -0.39 is 13.1 Å². The maximum atomic E-state index is 10.1. The summed E-state index contributed by atoms with van der Waals surface area (Å²) in [6.45, 7) is 13.9. The van der Waals surface area contributed by atoms with Crippen molar-refractivity contribution in [2.24, 2.45) is 5.41 Å². The zero-order valence-electron chi connectivity index (χ0n) is 10.9. The van der Waals surface area contributed by atoms with Crippen molar-refractivity contribution in [3.8, 4) is 0 Å². The fraction of sp³-hybridized carbons (Fsp3) is 1.00. The molecule has 1 fully saturated rings. The minimum Gasteiger partial charge on any atom is -0.402 e. The van der Waals surface area contributed by atoms with Crippen LogP contribution in [0.25, 0.3) is 0 Å². The van der Waals surface area contributed by atoms with E-state index in [1.807, 2.05) is 48.5 Å². The molecule has 3 nitrogen and oxygen atoms in total. The van der Waals surface area contributed by atoms with Crippen molar-refractivity contribution >= 4 is 7.12 Å². The zero-order chi connectivity index (χ0) is 12.1. The highest BCUT2D eigenvalue weighted by molar-refractivity contribution is 6.47. The SMILES string of the molecule is CC(C)(C)C(O)B1OC(C)(C)C(C)(C)O1. The number of hydrogen-bond donors (Lipinski definition) is 1. The van der Waals surface area contributed by atoms with Crippen molar-refractivity contribution in [2.75, 3.05) is 0 Å². The first-order valence-corrected chi connectivity index (χ1v) is 5.51. The van der Waals surface area contributed by atoms with E-state index in [2.05, 4.69) is 0 Å². The molecule has 0 aromatic carbocycles. The Hall–Kier alpha value is -0.0551. The monoisotopic (exact) mass is 214 g/mol. The average Bonchev–Trinajstić information content (AvgIpc) is 2.18. The van der Waals surface area contributed by atoms with Crippen molar-refractivity contribution in [2.45, 2.75) is 65.7 Å². The van der Waals surface area contributed by atoms with Gasteiger partial charge in [-0.25, -0.2) is 0 Å². The molecule has 0 aromatic heterocycles. The van der Waals surface area contributed by atoms with E-state index in [1.54, 1.807) is 0 Å². The van der Waals surface area contributed by atoms with Gasteiger partial charge in [-0.3, -0.25) is 0 Å². The van der Waals surface area contributed by atoms with Crippen LogP contribution in [0.3, 0.4) is 0 Å². The van der Waals surface area contributed by atoms with Gasteiger partial charge in [0.2, 0.25) is 0 Å². The fourth-order valence-electron chi connectivity index (χ4n) is 1.43. The second-order valence-corrected chi connectivity index (χ2v) is 6.44. The molecule has 1 unspecified atom stereocenters. The molecule has 1 rings (SSSR count). The van der Waals surface area contributed by atoms with Gasteiger partial charge in [0.1, 0.15) is 0 Å². The second kappa shape index (κ2) is 3.47. The standard InChI is InChI=1S/C11H23BO3/c1-9(2,3)8(13)12-14-10(4,5)11(6,7)15-12/h8,13H,1-7H3. The van der Waals surface area contributed by atoms with E-state index in [0.717, 1.165) is 0 Å². The summed E-state index contributed by atoms with van der Waals surface area (Å²) in [7, 11) is -0.532. The van der Waals surface area contributed by atoms with Crippen molar-refractivity contribution in [3.63, 3.8) is 0 Å². The summed E-state index contributed by atoms with van der Waals surface area (Å²) in [5.74, 6) is 0. The maximum Gasteiger partial charge on any atom is 0.489 e. The third kappa shape index (κ3) is 2.37. The van der Waals surface area contributed by atoms with E-state index in [-0.39, 0.29) is 16.6 Å². The summed E-state index contributed by atoms with van der Waals surface area (Å²) in [4.78, 5) is 0. The molecule has 0 bridgehead atoms. The summed E-state index contributed by atoms with van der Waals surface area (Å²) < 4.78 is 11.6. The lowest BCUT2D eigenvalue weighted by Crippen LogP contribution is -2.43. The highest BCUT2D eigenvalue weighted by Gasteiger charge is 2.55. The molecule has 1 saturated heterocycles. The molecular weight excluding hydrogens is 191 g/mol. The van der Waals surface area contributed by atoms with Crippen LogP contribution in [0.1, 0.15) is 48.5 Å². The molecule has 0 amide bonds. The lowest BCUT2D eigenvalue weighted by molar-refractivity contribution is 0.00578. The van der Waals surface area contributed by atoms with E-state index in [1.165, 1.54) is 0 Å². The van der Waals surface area contributed by atoms with Gasteiger partial charge >= 0.3 is 7.12 Å². The molecule has 0 aromatic rings. The maximum absolute atomic E-state index is 10.1. The van der Waals surface area contributed by atoms with Crippen LogP contribution >= 0.6 is 0 Å². The van der Waals surface area contributed by atoms with E-state index in [9.17, 15) is 5.11 Å². The zero-order valence-corrected chi connectivity index (χ0v) is 10.9. The summed E-state index contributed by atoms with van der Waals surface area (Å²) >= 11 is 0. The van der Waals surface area contributed by atoms with Gasteiger partial charge in [0, 0.05) is 0 Å². The van der Waals surface area contributed by atoms with Crippen LogP contribution in [0, 0.1) is 5.41 Å². The molecule has 1 aliphatic heterocycles. The van der Waals surface area contributed by atoms with Gasteiger partial charge in [-0.05, 0) is 33.1 Å². The summed E-state index contributed by atoms with van der Waals surface area (Å²) in [6, 6.07) is -0.612. The van der Waals surface area contributed by atoms with Crippen LogP contribution in [0.2, 0.25) is 0 Å². The van der Waals surface area contributed by atoms with Crippen LogP contribution < -0.4 is 0 Å². The second-order valence-electron chi connectivity index (χ2n) is 6.44. The fourth-order valence-corrected chi connectivity index (χ4v) is 1.43. The van der Waals surface area contributed by atoms with Crippen molar-refractivity contribution in [3.05, 3.63) is 0 Å². The topological polar surface area (TPSA) is 38.7 Å². The summed E-state index contributed by atoms with van der Waals surface area (Å²) in [5.41, 5.74) is -0.977. The van der Waals surface area contributed by atoms with Gasteiger partial charge in [0.05, 0.1) is 17.2 Å². The number of rotatable bonds is 1. The molecule has 1 heterocycles. The Morgan fingerprint density at radius 3 is 1.60 bits per heavy atom. The lowest BCUT2D eigenvalue weighted by Gasteiger charge is -2.32. The van der Waals surface area contributed by atoms with Crippen LogP contribution in [-0.2, 0) is 9.31 Å². The van der Waals surface area contributed by atoms with Gasteiger partial charge in [0.15, 0.2) is 0 Å². The smallest absolute Gasteiger partial charge is 0.402 e. The largest absolute Gasteiger partial charge is 0.489 e. The Balaban J connectivity index is 2.80. The normalized spacial score (nSPS) is 26.8. The van der Waals surface area contributed by atoms with Gasteiger partial charge in [-0.15, -0.1) is 0 Å². The van der Waals surface area contributed by atoms with Crippen LogP contribution in [0.5, 0.6) is 0 Å². The summed E-state index contributed by atoms with van der Waals surface area (Å²) in [6.07, 6.45) is 0. The number of hydrogen-bond acceptors (Lipinski definition) is 3. The minimum atomic E-state index is -0.612. The first kappa shape index (κ1) is 13.0. The Morgan fingerprint density at radius 2 is 1.33 bits per heavy atom. The highest BCUT2D eigenvalue weighted by Crippen LogP contribution is 2.39. The third-order valence-electron chi connectivity index (χ3n) is 3.42. The molecule has 0 spiro atoms. The molecule has 1 atom stereocenters. The van der Waals surface area contributed by atoms with Crippen LogP contribution in [0.15, 0.2) is 0 Å². The lowest BCUT2D eigenvalue weighted by atomic mass is 9.67. The van der Waals surface area contributed by atoms with Crippen molar-refractivity contribution in [1.82, 2.24) is 0 Å². The number of aliphatic hydroxyl groups is 1. The Labute approximate surface area is 93.3 Å². The minimum absolute atomic E-state index is 0.235. The molecule has 1 aliphatic rings. The Morgan fingerprint density at radius 1 is 1.00 bits per heavy atom. The molecule has 15 heavy (non-hydrogen) atoms. The first-order chi connectivity index (χ1) is 6.47. The van der Waals surface area contributed by atoms with Gasteiger partial charge in [-0.2, -0.15) is 0 Å².